The predicted octanol–water partition coefficient (Wildman–Crippen LogP) is 4.51. The van der Waals surface area contributed by atoms with Crippen LogP contribution in [0.3, 0.4) is 0 Å². The molecule has 5 aromatic rings. The Morgan fingerprint density at radius 3 is 2.53 bits per heavy atom. The maximum atomic E-state index is 13.7. The van der Waals surface area contributed by atoms with Crippen LogP contribution in [0, 0.1) is 9.39 Å². The molecular formula is C26H19FIN5O3. The van der Waals surface area contributed by atoms with Crippen molar-refractivity contribution in [2.75, 3.05) is 6.61 Å². The van der Waals surface area contributed by atoms with Gasteiger partial charge in [0, 0.05) is 27.4 Å². The number of fused-ring (bicyclic) bond motifs is 1. The lowest BCUT2D eigenvalue weighted by Gasteiger charge is -2.23. The molecule has 180 valence electrons. The molecule has 0 bridgehead atoms. The fourth-order valence-corrected chi connectivity index (χ4v) is 4.74. The van der Waals surface area contributed by atoms with Gasteiger partial charge in [0.2, 0.25) is 0 Å². The van der Waals surface area contributed by atoms with Crippen LogP contribution in [0.2, 0.25) is 0 Å². The standard InChI is InChI=1S/C26H19FIN5O3/c27-17-4-2-16(3-5-17)24-20(13-33(31-24)19-8-6-18(28)7-9-19)25-32(23(34)14-36-25)12-15-1-10-21-22(11-15)30-26(35)29-21/h1-11,13,25H,12,14H2,(H2,29,30,35). The minimum absolute atomic E-state index is 0.0640. The van der Waals surface area contributed by atoms with Crippen molar-refractivity contribution in [2.45, 2.75) is 12.8 Å². The average Bonchev–Trinajstić information content (AvgIpc) is 3.56. The molecule has 1 atom stereocenters. The number of halogens is 2. The number of nitrogens with one attached hydrogen (secondary N) is 2. The highest BCUT2D eigenvalue weighted by Crippen LogP contribution is 2.36. The first kappa shape index (κ1) is 22.7. The molecule has 6 rings (SSSR count). The molecule has 1 unspecified atom stereocenters. The molecule has 10 heteroatoms. The Morgan fingerprint density at radius 2 is 1.75 bits per heavy atom. The first-order valence-corrected chi connectivity index (χ1v) is 12.3. The van der Waals surface area contributed by atoms with Gasteiger partial charge in [0.1, 0.15) is 18.1 Å². The predicted molar refractivity (Wildman–Crippen MR) is 140 cm³/mol. The van der Waals surface area contributed by atoms with Crippen molar-refractivity contribution in [3.8, 4) is 16.9 Å². The van der Waals surface area contributed by atoms with Crippen molar-refractivity contribution in [2.24, 2.45) is 0 Å². The van der Waals surface area contributed by atoms with Crippen LogP contribution in [-0.2, 0) is 16.1 Å². The van der Waals surface area contributed by atoms with E-state index >= 15 is 0 Å². The maximum Gasteiger partial charge on any atom is 0.323 e. The number of benzene rings is 3. The van der Waals surface area contributed by atoms with E-state index in [0.29, 0.717) is 27.9 Å². The zero-order valence-electron chi connectivity index (χ0n) is 18.7. The molecule has 1 aliphatic heterocycles. The number of imidazole rings is 1. The molecule has 36 heavy (non-hydrogen) atoms. The Kier molecular flexibility index (Phi) is 5.69. The maximum absolute atomic E-state index is 13.7. The van der Waals surface area contributed by atoms with E-state index in [2.05, 4.69) is 32.6 Å². The molecular weight excluding hydrogens is 576 g/mol. The molecule has 0 radical (unpaired) electrons. The number of amides is 1. The van der Waals surface area contributed by atoms with Crippen LogP contribution in [0.4, 0.5) is 4.39 Å². The number of carbonyl (C=O) groups excluding carboxylic acids is 1. The lowest BCUT2D eigenvalue weighted by Crippen LogP contribution is -2.28. The van der Waals surface area contributed by atoms with E-state index in [4.69, 9.17) is 9.84 Å². The Labute approximate surface area is 217 Å². The van der Waals surface area contributed by atoms with Gasteiger partial charge in [-0.15, -0.1) is 0 Å². The minimum Gasteiger partial charge on any atom is -0.344 e. The summed E-state index contributed by atoms with van der Waals surface area (Å²) in [6, 6.07) is 19.5. The third-order valence-corrected chi connectivity index (χ3v) is 6.84. The van der Waals surface area contributed by atoms with Crippen LogP contribution in [0.25, 0.3) is 28.0 Å². The lowest BCUT2D eigenvalue weighted by atomic mass is 10.1. The summed E-state index contributed by atoms with van der Waals surface area (Å²) in [6.45, 7) is 0.218. The molecule has 1 aliphatic rings. The summed E-state index contributed by atoms with van der Waals surface area (Å²) < 4.78 is 22.5. The van der Waals surface area contributed by atoms with Crippen molar-refractivity contribution in [3.63, 3.8) is 0 Å². The fourth-order valence-electron chi connectivity index (χ4n) is 4.38. The van der Waals surface area contributed by atoms with Gasteiger partial charge < -0.3 is 19.6 Å². The van der Waals surface area contributed by atoms with E-state index in [1.165, 1.54) is 12.1 Å². The largest absolute Gasteiger partial charge is 0.344 e. The number of H-pyrrole nitrogens is 2. The normalized spacial score (nSPS) is 15.8. The third kappa shape index (κ3) is 4.22. The summed E-state index contributed by atoms with van der Waals surface area (Å²) in [7, 11) is 0. The van der Waals surface area contributed by atoms with Crippen LogP contribution in [0.5, 0.6) is 0 Å². The number of rotatable bonds is 5. The zero-order valence-corrected chi connectivity index (χ0v) is 20.9. The molecule has 3 aromatic carbocycles. The van der Waals surface area contributed by atoms with Gasteiger partial charge in [-0.3, -0.25) is 4.79 Å². The van der Waals surface area contributed by atoms with Gasteiger partial charge in [-0.25, -0.2) is 13.9 Å². The Balaban J connectivity index is 1.41. The SMILES string of the molecule is O=C1COC(c2cn(-c3ccc(I)cc3)nc2-c2ccc(F)cc2)N1Cc1ccc2[nH]c(=O)[nH]c2c1. The van der Waals surface area contributed by atoms with E-state index in [0.717, 1.165) is 14.8 Å². The number of aromatic nitrogens is 4. The third-order valence-electron chi connectivity index (χ3n) is 6.12. The number of aromatic amines is 2. The summed E-state index contributed by atoms with van der Waals surface area (Å²) in [5.41, 5.74) is 4.78. The molecule has 2 aromatic heterocycles. The van der Waals surface area contributed by atoms with Crippen LogP contribution in [0.15, 0.2) is 77.7 Å². The smallest absolute Gasteiger partial charge is 0.323 e. The first-order valence-electron chi connectivity index (χ1n) is 11.2. The molecule has 0 spiro atoms. The monoisotopic (exact) mass is 595 g/mol. The second kappa shape index (κ2) is 9.03. The minimum atomic E-state index is -0.684. The van der Waals surface area contributed by atoms with Crippen LogP contribution < -0.4 is 5.69 Å². The van der Waals surface area contributed by atoms with Gasteiger partial charge in [-0.1, -0.05) is 6.07 Å². The van der Waals surface area contributed by atoms with E-state index in [9.17, 15) is 14.0 Å². The highest BCUT2D eigenvalue weighted by molar-refractivity contribution is 14.1. The summed E-state index contributed by atoms with van der Waals surface area (Å²) in [5.74, 6) is -0.501. The van der Waals surface area contributed by atoms with Gasteiger partial charge in [-0.2, -0.15) is 5.10 Å². The molecule has 0 aliphatic carbocycles. The molecule has 8 nitrogen and oxygen atoms in total. The van der Waals surface area contributed by atoms with Crippen molar-refractivity contribution < 1.29 is 13.9 Å². The highest BCUT2D eigenvalue weighted by atomic mass is 127. The number of carbonyl (C=O) groups is 1. The van der Waals surface area contributed by atoms with Gasteiger partial charge in [0.15, 0.2) is 6.23 Å². The molecule has 3 heterocycles. The number of ether oxygens (including phenoxy) is 1. The van der Waals surface area contributed by atoms with Gasteiger partial charge in [0.05, 0.1) is 16.7 Å². The Hall–Kier alpha value is -3.77. The first-order chi connectivity index (χ1) is 17.4. The molecule has 1 fully saturated rings. The summed E-state index contributed by atoms with van der Waals surface area (Å²) in [6.07, 6.45) is 1.17. The number of hydrogen-bond acceptors (Lipinski definition) is 4. The summed E-state index contributed by atoms with van der Waals surface area (Å²) >= 11 is 2.24. The van der Waals surface area contributed by atoms with E-state index in [-0.39, 0.29) is 30.6 Å². The van der Waals surface area contributed by atoms with Crippen molar-refractivity contribution >= 4 is 39.5 Å². The Morgan fingerprint density at radius 1 is 1.00 bits per heavy atom. The molecule has 1 amide bonds. The fraction of sp³-hybridized carbons (Fsp3) is 0.115. The quantitative estimate of drug-likeness (QED) is 0.293. The average molecular weight is 595 g/mol. The molecule has 1 saturated heterocycles. The topological polar surface area (TPSA) is 96.0 Å². The summed E-state index contributed by atoms with van der Waals surface area (Å²) in [4.78, 5) is 31.6. The van der Waals surface area contributed by atoms with E-state index < -0.39 is 6.23 Å². The highest BCUT2D eigenvalue weighted by Gasteiger charge is 2.36. The van der Waals surface area contributed by atoms with E-state index in [1.807, 2.05) is 42.6 Å². The Bertz CT molecular complexity index is 1640. The van der Waals surface area contributed by atoms with Gasteiger partial charge in [0.25, 0.3) is 5.91 Å². The lowest BCUT2D eigenvalue weighted by molar-refractivity contribution is -0.128. The van der Waals surface area contributed by atoms with Gasteiger partial charge in [-0.05, 0) is 88.8 Å². The second-order valence-corrected chi connectivity index (χ2v) is 9.75. The second-order valence-electron chi connectivity index (χ2n) is 8.50. The van der Waals surface area contributed by atoms with Crippen molar-refractivity contribution in [1.82, 2.24) is 24.6 Å². The summed E-state index contributed by atoms with van der Waals surface area (Å²) in [5, 5.41) is 4.79. The van der Waals surface area contributed by atoms with Crippen molar-refractivity contribution in [3.05, 3.63) is 104 Å². The van der Waals surface area contributed by atoms with Crippen LogP contribution in [0.1, 0.15) is 17.4 Å². The van der Waals surface area contributed by atoms with Crippen LogP contribution >= 0.6 is 22.6 Å². The molecule has 0 saturated carbocycles. The van der Waals surface area contributed by atoms with Gasteiger partial charge >= 0.3 is 5.69 Å². The number of nitrogens with zero attached hydrogens (tertiary/aromatic N) is 3. The number of hydrogen-bond donors (Lipinski definition) is 2. The zero-order chi connectivity index (χ0) is 24.8. The van der Waals surface area contributed by atoms with Crippen molar-refractivity contribution in [1.29, 1.82) is 0 Å². The van der Waals surface area contributed by atoms with E-state index in [1.54, 1.807) is 27.8 Å². The van der Waals surface area contributed by atoms with Crippen LogP contribution in [-0.4, -0.2) is 37.2 Å². The molecule has 2 N–H and O–H groups in total.